The second kappa shape index (κ2) is 5.88. The first-order valence-electron chi connectivity index (χ1n) is 2.44. The first-order chi connectivity index (χ1) is 3.41. The summed E-state index contributed by atoms with van der Waals surface area (Å²) in [6.45, 7) is 3.69. The fourth-order valence-corrected chi connectivity index (χ4v) is 0.269. The zero-order valence-corrected chi connectivity index (χ0v) is 4.57. The highest BCUT2D eigenvalue weighted by Gasteiger charge is 1.74. The molecule has 0 spiro atoms. The van der Waals surface area contributed by atoms with Crippen LogP contribution in [0.25, 0.3) is 0 Å². The Balaban J connectivity index is 2.45. The summed E-state index contributed by atoms with van der Waals surface area (Å²) >= 11 is 0. The summed E-state index contributed by atoms with van der Waals surface area (Å²) in [5.41, 5.74) is 0. The molecule has 44 valence electrons. The van der Waals surface area contributed by atoms with Gasteiger partial charge in [0.05, 0.1) is 6.73 Å². The van der Waals surface area contributed by atoms with Crippen LogP contribution in [-0.4, -0.2) is 25.1 Å². The summed E-state index contributed by atoms with van der Waals surface area (Å²) in [5, 5.41) is 13.8. The van der Waals surface area contributed by atoms with E-state index in [4.69, 9.17) is 5.11 Å². The average molecular weight is 104 g/mol. The highest BCUT2D eigenvalue weighted by Crippen LogP contribution is 1.48. The van der Waals surface area contributed by atoms with Crippen LogP contribution in [0.15, 0.2) is 0 Å². The van der Waals surface area contributed by atoms with Crippen LogP contribution in [0.4, 0.5) is 0 Å². The van der Waals surface area contributed by atoms with E-state index in [0.29, 0.717) is 6.67 Å². The van der Waals surface area contributed by atoms with Crippen molar-refractivity contribution in [3.63, 3.8) is 0 Å². The number of aliphatic hydroxyl groups excluding tert-OH is 1. The fourth-order valence-electron chi connectivity index (χ4n) is 0.269. The Hall–Kier alpha value is -0.120. The van der Waals surface area contributed by atoms with Gasteiger partial charge in [-0.25, -0.2) is 0 Å². The smallest absolute Gasteiger partial charge is 0.0941 e. The third-order valence-electron chi connectivity index (χ3n) is 0.612. The van der Waals surface area contributed by atoms with Crippen LogP contribution in [0.3, 0.4) is 0 Å². The van der Waals surface area contributed by atoms with Gasteiger partial charge in [0.2, 0.25) is 0 Å². The Bertz CT molecular complexity index is 28.9. The zero-order chi connectivity index (χ0) is 5.54. The summed E-state index contributed by atoms with van der Waals surface area (Å²) in [6.07, 6.45) is 0. The Kier molecular flexibility index (Phi) is 5.78. The van der Waals surface area contributed by atoms with Crippen LogP contribution in [0.2, 0.25) is 0 Å². The summed E-state index contributed by atoms with van der Waals surface area (Å²) in [4.78, 5) is 0. The molecular formula is C4H12N2O. The van der Waals surface area contributed by atoms with E-state index < -0.39 is 0 Å². The fraction of sp³-hybridized carbons (Fsp3) is 1.00. The molecule has 3 nitrogen and oxygen atoms in total. The molecule has 0 aromatic rings. The normalized spacial score (nSPS) is 9.43. The molecule has 0 rings (SSSR count). The Morgan fingerprint density at radius 1 is 1.43 bits per heavy atom. The van der Waals surface area contributed by atoms with Crippen LogP contribution in [0.1, 0.15) is 6.92 Å². The minimum absolute atomic E-state index is 0.0486. The maximum atomic E-state index is 8.14. The first kappa shape index (κ1) is 6.88. The predicted molar refractivity (Wildman–Crippen MR) is 28.8 cm³/mol. The lowest BCUT2D eigenvalue weighted by molar-refractivity contribution is 0.257. The molecule has 0 amide bonds. The molecule has 0 atom stereocenters. The molecule has 0 aliphatic heterocycles. The van der Waals surface area contributed by atoms with Gasteiger partial charge in [0, 0.05) is 6.67 Å². The van der Waals surface area contributed by atoms with E-state index in [2.05, 4.69) is 10.6 Å². The van der Waals surface area contributed by atoms with Crippen molar-refractivity contribution in [2.75, 3.05) is 19.9 Å². The minimum Gasteiger partial charge on any atom is -0.381 e. The molecule has 0 aromatic heterocycles. The van der Waals surface area contributed by atoms with E-state index in [-0.39, 0.29) is 6.73 Å². The predicted octanol–water partition coefficient (Wildman–Crippen LogP) is -0.907. The van der Waals surface area contributed by atoms with Crippen molar-refractivity contribution in [2.45, 2.75) is 6.92 Å². The van der Waals surface area contributed by atoms with Gasteiger partial charge in [-0.3, -0.25) is 5.32 Å². The highest BCUT2D eigenvalue weighted by molar-refractivity contribution is 4.33. The SMILES string of the molecule is CCNCNCO. The van der Waals surface area contributed by atoms with E-state index in [1.165, 1.54) is 0 Å². The summed E-state index contributed by atoms with van der Waals surface area (Å²) in [6, 6.07) is 0. The molecule has 0 radical (unpaired) electrons. The lowest BCUT2D eigenvalue weighted by Crippen LogP contribution is -2.28. The van der Waals surface area contributed by atoms with E-state index in [1.54, 1.807) is 0 Å². The molecule has 0 unspecified atom stereocenters. The summed E-state index contributed by atoms with van der Waals surface area (Å²) in [7, 11) is 0. The maximum absolute atomic E-state index is 8.14. The molecule has 3 heteroatoms. The number of hydrogen-bond acceptors (Lipinski definition) is 3. The molecule has 0 heterocycles. The number of aliphatic hydroxyl groups is 1. The molecule has 0 fully saturated rings. The standard InChI is InChI=1S/C4H12N2O/c1-2-5-3-6-4-7/h5-7H,2-4H2,1H3. The van der Waals surface area contributed by atoms with Gasteiger partial charge in [-0.1, -0.05) is 6.92 Å². The van der Waals surface area contributed by atoms with Gasteiger partial charge in [0.25, 0.3) is 0 Å². The molecule has 0 saturated carbocycles. The molecule has 3 N–H and O–H groups in total. The highest BCUT2D eigenvalue weighted by atomic mass is 16.3. The quantitative estimate of drug-likeness (QED) is 0.320. The second-order valence-corrected chi connectivity index (χ2v) is 1.19. The lowest BCUT2D eigenvalue weighted by Gasteiger charge is -1.97. The number of nitrogens with one attached hydrogen (secondary N) is 2. The van der Waals surface area contributed by atoms with E-state index in [1.807, 2.05) is 6.92 Å². The zero-order valence-electron chi connectivity index (χ0n) is 4.57. The van der Waals surface area contributed by atoms with E-state index >= 15 is 0 Å². The van der Waals surface area contributed by atoms with Crippen LogP contribution in [0.5, 0.6) is 0 Å². The number of hydrogen-bond donors (Lipinski definition) is 3. The third-order valence-corrected chi connectivity index (χ3v) is 0.612. The molecule has 0 saturated heterocycles. The van der Waals surface area contributed by atoms with Crippen molar-refractivity contribution in [1.29, 1.82) is 0 Å². The van der Waals surface area contributed by atoms with Crippen LogP contribution >= 0.6 is 0 Å². The van der Waals surface area contributed by atoms with E-state index in [0.717, 1.165) is 6.54 Å². The van der Waals surface area contributed by atoms with Gasteiger partial charge in [-0.2, -0.15) is 0 Å². The van der Waals surface area contributed by atoms with Gasteiger partial charge < -0.3 is 10.4 Å². The van der Waals surface area contributed by atoms with Crippen LogP contribution in [0, 0.1) is 0 Å². The van der Waals surface area contributed by atoms with Crippen LogP contribution < -0.4 is 10.6 Å². The monoisotopic (exact) mass is 104 g/mol. The third kappa shape index (κ3) is 5.88. The van der Waals surface area contributed by atoms with Gasteiger partial charge in [-0.15, -0.1) is 0 Å². The molecular weight excluding hydrogens is 92.1 g/mol. The molecule has 0 aliphatic rings. The lowest BCUT2D eigenvalue weighted by atomic mass is 10.7. The van der Waals surface area contributed by atoms with Gasteiger partial charge in [0.1, 0.15) is 0 Å². The van der Waals surface area contributed by atoms with Crippen molar-refractivity contribution in [1.82, 2.24) is 10.6 Å². The maximum Gasteiger partial charge on any atom is 0.0941 e. The minimum atomic E-state index is 0.0486. The Morgan fingerprint density at radius 2 is 2.14 bits per heavy atom. The van der Waals surface area contributed by atoms with Crippen molar-refractivity contribution < 1.29 is 5.11 Å². The molecule has 7 heavy (non-hydrogen) atoms. The van der Waals surface area contributed by atoms with Crippen molar-refractivity contribution >= 4 is 0 Å². The van der Waals surface area contributed by atoms with Gasteiger partial charge in [0.15, 0.2) is 0 Å². The largest absolute Gasteiger partial charge is 0.381 e. The van der Waals surface area contributed by atoms with E-state index in [9.17, 15) is 0 Å². The van der Waals surface area contributed by atoms with Gasteiger partial charge in [-0.05, 0) is 6.54 Å². The van der Waals surface area contributed by atoms with Crippen molar-refractivity contribution in [2.24, 2.45) is 0 Å². The summed E-state index contributed by atoms with van der Waals surface area (Å²) < 4.78 is 0. The summed E-state index contributed by atoms with van der Waals surface area (Å²) in [5.74, 6) is 0. The molecule has 0 aromatic carbocycles. The Labute approximate surface area is 43.7 Å². The number of rotatable bonds is 4. The Morgan fingerprint density at radius 3 is 2.57 bits per heavy atom. The molecule has 0 bridgehead atoms. The van der Waals surface area contributed by atoms with Gasteiger partial charge >= 0.3 is 0 Å². The molecule has 0 aliphatic carbocycles. The van der Waals surface area contributed by atoms with Crippen molar-refractivity contribution in [3.8, 4) is 0 Å². The topological polar surface area (TPSA) is 44.3 Å². The van der Waals surface area contributed by atoms with Crippen molar-refractivity contribution in [3.05, 3.63) is 0 Å². The first-order valence-corrected chi connectivity index (χ1v) is 2.44. The second-order valence-electron chi connectivity index (χ2n) is 1.19. The average Bonchev–Trinajstić information content (AvgIpc) is 1.69. The van der Waals surface area contributed by atoms with Crippen LogP contribution in [-0.2, 0) is 0 Å².